The second-order valence-electron chi connectivity index (χ2n) is 6.34. The van der Waals surface area contributed by atoms with E-state index in [9.17, 15) is 20.1 Å². The van der Waals surface area contributed by atoms with Crippen molar-refractivity contribution in [3.63, 3.8) is 0 Å². The van der Waals surface area contributed by atoms with Gasteiger partial charge in [-0.25, -0.2) is 4.79 Å². The number of aliphatic carboxylic acids is 1. The summed E-state index contributed by atoms with van der Waals surface area (Å²) in [5, 5.41) is 38.7. The molecule has 0 amide bonds. The van der Waals surface area contributed by atoms with Crippen LogP contribution in [-0.4, -0.2) is 63.2 Å². The minimum absolute atomic E-state index is 0.0632. The molecule has 1 aliphatic heterocycles. The highest BCUT2D eigenvalue weighted by molar-refractivity contribution is 5.73. The Bertz CT molecular complexity index is 533. The van der Waals surface area contributed by atoms with E-state index in [1.807, 2.05) is 44.2 Å². The number of aliphatic hydroxyl groups is 3. The van der Waals surface area contributed by atoms with Crippen LogP contribution in [0.4, 0.5) is 0 Å². The number of hydrogen-bond donors (Lipinski definition) is 4. The molecule has 0 aliphatic carbocycles. The van der Waals surface area contributed by atoms with Crippen molar-refractivity contribution in [2.24, 2.45) is 5.92 Å². The van der Waals surface area contributed by atoms with Crippen LogP contribution >= 0.6 is 0 Å². The van der Waals surface area contributed by atoms with Crippen LogP contribution in [0.5, 0.6) is 0 Å². The van der Waals surface area contributed by atoms with E-state index < -0.39 is 36.7 Å². The van der Waals surface area contributed by atoms with Gasteiger partial charge in [-0.15, -0.1) is 0 Å². The first-order valence-corrected chi connectivity index (χ1v) is 7.93. The molecule has 0 radical (unpaired) electrons. The predicted molar refractivity (Wildman–Crippen MR) is 84.2 cm³/mol. The second-order valence-corrected chi connectivity index (χ2v) is 6.34. The Morgan fingerprint density at radius 3 is 2.29 bits per heavy atom. The summed E-state index contributed by atoms with van der Waals surface area (Å²) in [6.07, 6.45) is -7.71. The van der Waals surface area contributed by atoms with Crippen LogP contribution in [0.1, 0.15) is 19.4 Å². The molecule has 7 heteroatoms. The Morgan fingerprint density at radius 1 is 1.12 bits per heavy atom. The summed E-state index contributed by atoms with van der Waals surface area (Å²) in [5.74, 6) is -1.36. The van der Waals surface area contributed by atoms with Crippen LogP contribution in [0, 0.1) is 5.92 Å². The molecule has 1 aromatic rings. The molecule has 0 aromatic heterocycles. The number of carbonyl (C=O) groups is 1. The van der Waals surface area contributed by atoms with Crippen molar-refractivity contribution in [3.8, 4) is 0 Å². The molecule has 1 aliphatic rings. The minimum atomic E-state index is -1.72. The Hall–Kier alpha value is -1.51. The van der Waals surface area contributed by atoms with Gasteiger partial charge in [0.1, 0.15) is 18.3 Å². The third-order valence-electron chi connectivity index (χ3n) is 4.15. The van der Waals surface area contributed by atoms with Crippen molar-refractivity contribution >= 4 is 5.97 Å². The van der Waals surface area contributed by atoms with Crippen LogP contribution in [0.3, 0.4) is 0 Å². The summed E-state index contributed by atoms with van der Waals surface area (Å²) in [4.78, 5) is 11.1. The molecular formula is C17H24O7. The third kappa shape index (κ3) is 4.31. The highest BCUT2D eigenvalue weighted by atomic mass is 16.7. The summed E-state index contributed by atoms with van der Waals surface area (Å²) in [6.45, 7) is 3.87. The first-order valence-electron chi connectivity index (χ1n) is 7.93. The van der Waals surface area contributed by atoms with Crippen LogP contribution in [-0.2, 0) is 20.7 Å². The zero-order valence-corrected chi connectivity index (χ0v) is 13.6. The summed E-state index contributed by atoms with van der Waals surface area (Å²) >= 11 is 0. The van der Waals surface area contributed by atoms with E-state index in [0.29, 0.717) is 6.42 Å². The number of carboxylic acid groups (broad SMARTS) is 1. The second kappa shape index (κ2) is 8.04. The van der Waals surface area contributed by atoms with Crippen molar-refractivity contribution in [2.45, 2.75) is 57.1 Å². The van der Waals surface area contributed by atoms with Gasteiger partial charge in [0, 0.05) is 0 Å². The van der Waals surface area contributed by atoms with Gasteiger partial charge < -0.3 is 29.9 Å². The average molecular weight is 340 g/mol. The van der Waals surface area contributed by atoms with E-state index in [-0.39, 0.29) is 12.0 Å². The summed E-state index contributed by atoms with van der Waals surface area (Å²) in [5.41, 5.74) is 1.02. The number of hydrogen-bond acceptors (Lipinski definition) is 6. The van der Waals surface area contributed by atoms with Crippen LogP contribution in [0.2, 0.25) is 0 Å². The van der Waals surface area contributed by atoms with Gasteiger partial charge >= 0.3 is 5.97 Å². The Morgan fingerprint density at radius 2 is 1.75 bits per heavy atom. The molecular weight excluding hydrogens is 316 g/mol. The molecule has 6 atom stereocenters. The van der Waals surface area contributed by atoms with Crippen LogP contribution in [0.15, 0.2) is 30.3 Å². The molecule has 7 nitrogen and oxygen atoms in total. The monoisotopic (exact) mass is 340 g/mol. The number of ether oxygens (including phenoxy) is 2. The summed E-state index contributed by atoms with van der Waals surface area (Å²) < 4.78 is 10.9. The topological polar surface area (TPSA) is 116 Å². The molecule has 1 saturated heterocycles. The first kappa shape index (κ1) is 18.8. The lowest BCUT2D eigenvalue weighted by molar-refractivity contribution is -0.307. The molecule has 0 unspecified atom stereocenters. The maximum atomic E-state index is 11.1. The standard InChI is InChI=1S/C17H24O7/c1-9(2)11(8-10-6-4-3-5-7-10)23-17-14(20)12(18)13(19)15(24-17)16(21)22/h3-7,9,11-15,17-20H,8H2,1-2H3,(H,21,22)/t11-,12-,13-,14+,15-,17+/m0/s1. The quantitative estimate of drug-likeness (QED) is 0.583. The van der Waals surface area contributed by atoms with Gasteiger partial charge in [0.2, 0.25) is 0 Å². The van der Waals surface area contributed by atoms with E-state index in [2.05, 4.69) is 0 Å². The fourth-order valence-electron chi connectivity index (χ4n) is 2.62. The molecule has 24 heavy (non-hydrogen) atoms. The smallest absolute Gasteiger partial charge is 0.335 e. The van der Waals surface area contributed by atoms with Gasteiger partial charge in [-0.3, -0.25) is 0 Å². The fourth-order valence-corrected chi connectivity index (χ4v) is 2.62. The van der Waals surface area contributed by atoms with Gasteiger partial charge in [-0.05, 0) is 17.9 Å². The summed E-state index contributed by atoms with van der Waals surface area (Å²) in [7, 11) is 0. The van der Waals surface area contributed by atoms with Gasteiger partial charge in [0.05, 0.1) is 6.10 Å². The maximum Gasteiger partial charge on any atom is 0.335 e. The lowest BCUT2D eigenvalue weighted by Gasteiger charge is -2.40. The van der Waals surface area contributed by atoms with Gasteiger partial charge in [-0.1, -0.05) is 44.2 Å². The van der Waals surface area contributed by atoms with Crippen LogP contribution in [0.25, 0.3) is 0 Å². The van der Waals surface area contributed by atoms with Crippen LogP contribution < -0.4 is 0 Å². The van der Waals surface area contributed by atoms with Crippen molar-refractivity contribution in [1.29, 1.82) is 0 Å². The lowest BCUT2D eigenvalue weighted by atomic mass is 9.97. The molecule has 0 spiro atoms. The fraction of sp³-hybridized carbons (Fsp3) is 0.588. The first-order chi connectivity index (χ1) is 11.3. The molecule has 1 heterocycles. The number of aliphatic hydroxyl groups excluding tert-OH is 3. The van der Waals surface area contributed by atoms with Crippen molar-refractivity contribution in [1.82, 2.24) is 0 Å². The largest absolute Gasteiger partial charge is 0.479 e. The Balaban J connectivity index is 2.11. The molecule has 1 fully saturated rings. The molecule has 1 aromatic carbocycles. The maximum absolute atomic E-state index is 11.1. The highest BCUT2D eigenvalue weighted by Crippen LogP contribution is 2.26. The van der Waals surface area contributed by atoms with Gasteiger partial charge in [-0.2, -0.15) is 0 Å². The van der Waals surface area contributed by atoms with Crippen molar-refractivity contribution in [3.05, 3.63) is 35.9 Å². The van der Waals surface area contributed by atoms with Crippen molar-refractivity contribution < 1.29 is 34.7 Å². The number of rotatable bonds is 6. The van der Waals surface area contributed by atoms with E-state index in [0.717, 1.165) is 5.56 Å². The predicted octanol–water partition coefficient (Wildman–Crippen LogP) is 0.162. The molecule has 134 valence electrons. The van der Waals surface area contributed by atoms with Gasteiger partial charge in [0.15, 0.2) is 12.4 Å². The number of carboxylic acids is 1. The third-order valence-corrected chi connectivity index (χ3v) is 4.15. The van der Waals surface area contributed by atoms with E-state index in [1.165, 1.54) is 0 Å². The Kier molecular flexibility index (Phi) is 6.31. The molecule has 4 N–H and O–H groups in total. The Labute approximate surface area is 140 Å². The average Bonchev–Trinajstić information content (AvgIpc) is 2.55. The normalized spacial score (nSPS) is 31.8. The highest BCUT2D eigenvalue weighted by Gasteiger charge is 2.48. The number of benzene rings is 1. The molecule has 2 rings (SSSR count). The molecule has 0 saturated carbocycles. The van der Waals surface area contributed by atoms with Crippen molar-refractivity contribution in [2.75, 3.05) is 0 Å². The lowest BCUT2D eigenvalue weighted by Crippen LogP contribution is -2.61. The summed E-state index contributed by atoms with van der Waals surface area (Å²) in [6, 6.07) is 9.58. The van der Waals surface area contributed by atoms with E-state index in [4.69, 9.17) is 14.6 Å². The zero-order valence-electron chi connectivity index (χ0n) is 13.6. The van der Waals surface area contributed by atoms with E-state index in [1.54, 1.807) is 0 Å². The minimum Gasteiger partial charge on any atom is -0.479 e. The zero-order chi connectivity index (χ0) is 17.9. The molecule has 0 bridgehead atoms. The SMILES string of the molecule is CC(C)[C@H](Cc1ccccc1)O[C@@H]1O[C@H](C(=O)O)[C@@H](O)[C@H](O)[C@H]1O. The van der Waals surface area contributed by atoms with Gasteiger partial charge in [0.25, 0.3) is 0 Å². The van der Waals surface area contributed by atoms with E-state index >= 15 is 0 Å².